The number of rotatable bonds is 8. The number of hydrogen-bond donors (Lipinski definition) is 2. The number of carbonyl (C=O) groups is 2. The third-order valence-corrected chi connectivity index (χ3v) is 5.62. The predicted molar refractivity (Wildman–Crippen MR) is 121 cm³/mol. The van der Waals surface area contributed by atoms with E-state index in [1.165, 1.54) is 18.8 Å². The lowest BCUT2D eigenvalue weighted by molar-refractivity contribution is 0.0935. The number of aryl methyl sites for hydroxylation is 1. The average molecular weight is 425 g/mol. The Morgan fingerprint density at radius 1 is 1.10 bits per heavy atom. The Labute approximate surface area is 183 Å². The SMILES string of the molecule is CNC(=O)c1cn(CCC(C)C)cc(C(=O)NC2CCN(Cc3ccccc3)C2)c1=O. The maximum atomic E-state index is 13.0. The first-order valence-corrected chi connectivity index (χ1v) is 10.9. The molecule has 1 saturated heterocycles. The number of nitrogens with zero attached hydrogens (tertiary/aromatic N) is 2. The Kier molecular flexibility index (Phi) is 7.63. The van der Waals surface area contributed by atoms with Crippen LogP contribution in [0.5, 0.6) is 0 Å². The van der Waals surface area contributed by atoms with Gasteiger partial charge in [0.15, 0.2) is 0 Å². The number of nitrogens with one attached hydrogen (secondary N) is 2. The second-order valence-corrected chi connectivity index (χ2v) is 8.59. The summed E-state index contributed by atoms with van der Waals surface area (Å²) in [4.78, 5) is 40.3. The van der Waals surface area contributed by atoms with Crippen molar-refractivity contribution in [1.29, 1.82) is 0 Å². The maximum Gasteiger partial charge on any atom is 0.257 e. The zero-order valence-electron chi connectivity index (χ0n) is 18.6. The smallest absolute Gasteiger partial charge is 0.257 e. The molecular formula is C24H32N4O3. The molecule has 1 aromatic carbocycles. The van der Waals surface area contributed by atoms with Crippen LogP contribution >= 0.6 is 0 Å². The molecule has 1 aliphatic rings. The highest BCUT2D eigenvalue weighted by Gasteiger charge is 2.26. The summed E-state index contributed by atoms with van der Waals surface area (Å²) in [5, 5.41) is 5.49. The Morgan fingerprint density at radius 3 is 2.42 bits per heavy atom. The molecule has 1 aliphatic heterocycles. The monoisotopic (exact) mass is 424 g/mol. The Bertz CT molecular complexity index is 969. The molecule has 1 aromatic heterocycles. The van der Waals surface area contributed by atoms with Gasteiger partial charge in [-0.05, 0) is 24.3 Å². The van der Waals surface area contributed by atoms with Crippen LogP contribution < -0.4 is 16.1 Å². The van der Waals surface area contributed by atoms with Gasteiger partial charge in [-0.25, -0.2) is 0 Å². The molecule has 2 amide bonds. The van der Waals surface area contributed by atoms with Crippen LogP contribution in [0.2, 0.25) is 0 Å². The lowest BCUT2D eigenvalue weighted by Gasteiger charge is -2.17. The van der Waals surface area contributed by atoms with Crippen molar-refractivity contribution in [2.45, 2.75) is 45.8 Å². The predicted octanol–water partition coefficient (Wildman–Crippen LogP) is 2.26. The minimum atomic E-state index is -0.531. The standard InChI is InChI=1S/C24H32N4O3/c1-17(2)9-11-28-15-20(23(30)25-3)22(29)21(16-28)24(31)26-19-10-12-27(14-19)13-18-7-5-4-6-8-18/h4-8,15-17,19H,9-14H2,1-3H3,(H,25,30)(H,26,31). The normalized spacial score (nSPS) is 16.5. The fraction of sp³-hybridized carbons (Fsp3) is 0.458. The molecule has 0 aliphatic carbocycles. The van der Waals surface area contributed by atoms with Crippen molar-refractivity contribution in [3.63, 3.8) is 0 Å². The summed E-state index contributed by atoms with van der Waals surface area (Å²) in [5.74, 6) is -0.428. The van der Waals surface area contributed by atoms with E-state index in [-0.39, 0.29) is 17.2 Å². The van der Waals surface area contributed by atoms with E-state index in [1.54, 1.807) is 10.8 Å². The van der Waals surface area contributed by atoms with Crippen molar-refractivity contribution in [2.24, 2.45) is 5.92 Å². The van der Waals surface area contributed by atoms with Crippen molar-refractivity contribution in [1.82, 2.24) is 20.1 Å². The second-order valence-electron chi connectivity index (χ2n) is 8.59. The van der Waals surface area contributed by atoms with E-state index in [1.807, 2.05) is 18.2 Å². The summed E-state index contributed by atoms with van der Waals surface area (Å²) in [6.45, 7) is 7.31. The number of pyridine rings is 1. The molecule has 7 nitrogen and oxygen atoms in total. The molecule has 0 bridgehead atoms. The van der Waals surface area contributed by atoms with Crippen molar-refractivity contribution in [3.05, 3.63) is 69.6 Å². The lowest BCUT2D eigenvalue weighted by atomic mass is 10.1. The van der Waals surface area contributed by atoms with Gasteiger partial charge >= 0.3 is 0 Å². The van der Waals surface area contributed by atoms with E-state index in [4.69, 9.17) is 0 Å². The molecular weight excluding hydrogens is 392 g/mol. The van der Waals surface area contributed by atoms with E-state index in [0.29, 0.717) is 12.5 Å². The average Bonchev–Trinajstić information content (AvgIpc) is 3.19. The van der Waals surface area contributed by atoms with Crippen LogP contribution in [-0.4, -0.2) is 47.5 Å². The Balaban J connectivity index is 1.72. The number of aromatic nitrogens is 1. The molecule has 1 unspecified atom stereocenters. The van der Waals surface area contributed by atoms with Crippen molar-refractivity contribution in [2.75, 3.05) is 20.1 Å². The van der Waals surface area contributed by atoms with Gasteiger partial charge in [0.2, 0.25) is 5.43 Å². The van der Waals surface area contributed by atoms with Gasteiger partial charge in [-0.15, -0.1) is 0 Å². The first-order chi connectivity index (χ1) is 14.9. The first kappa shape index (κ1) is 22.7. The van der Waals surface area contributed by atoms with E-state index in [0.717, 1.165) is 32.5 Å². The number of hydrogen-bond acceptors (Lipinski definition) is 4. The molecule has 31 heavy (non-hydrogen) atoms. The van der Waals surface area contributed by atoms with Gasteiger partial charge in [-0.2, -0.15) is 0 Å². The molecule has 2 aromatic rings. The highest BCUT2D eigenvalue weighted by atomic mass is 16.2. The molecule has 1 fully saturated rings. The van der Waals surface area contributed by atoms with Crippen LogP contribution in [0, 0.1) is 5.92 Å². The van der Waals surface area contributed by atoms with Gasteiger partial charge in [0.1, 0.15) is 11.1 Å². The molecule has 0 radical (unpaired) electrons. The Hall–Kier alpha value is -2.93. The summed E-state index contributed by atoms with van der Waals surface area (Å²) < 4.78 is 1.78. The zero-order valence-corrected chi connectivity index (χ0v) is 18.6. The van der Waals surface area contributed by atoms with Crippen LogP contribution in [0.3, 0.4) is 0 Å². The minimum absolute atomic E-state index is 0.00367. The third kappa shape index (κ3) is 6.04. The van der Waals surface area contributed by atoms with Crippen molar-refractivity contribution in [3.8, 4) is 0 Å². The Morgan fingerprint density at radius 2 is 1.77 bits per heavy atom. The van der Waals surface area contributed by atoms with Gasteiger partial charge in [-0.3, -0.25) is 19.3 Å². The largest absolute Gasteiger partial charge is 0.355 e. The molecule has 166 valence electrons. The van der Waals surface area contributed by atoms with Crippen LogP contribution in [0.4, 0.5) is 0 Å². The molecule has 0 saturated carbocycles. The summed E-state index contributed by atoms with van der Waals surface area (Å²) in [7, 11) is 1.48. The highest BCUT2D eigenvalue weighted by molar-refractivity contribution is 5.99. The first-order valence-electron chi connectivity index (χ1n) is 10.9. The quantitative estimate of drug-likeness (QED) is 0.681. The molecule has 3 rings (SSSR count). The number of likely N-dealkylation sites (tertiary alicyclic amines) is 1. The van der Waals surface area contributed by atoms with Gasteiger partial charge in [0.05, 0.1) is 0 Å². The van der Waals surface area contributed by atoms with Crippen LogP contribution in [0.25, 0.3) is 0 Å². The summed E-state index contributed by atoms with van der Waals surface area (Å²) in [6, 6.07) is 10.2. The van der Waals surface area contributed by atoms with Gasteiger partial charge in [0, 0.05) is 51.7 Å². The second kappa shape index (κ2) is 10.4. The van der Waals surface area contributed by atoms with Gasteiger partial charge in [0.25, 0.3) is 11.8 Å². The fourth-order valence-corrected chi connectivity index (χ4v) is 3.82. The summed E-state index contributed by atoms with van der Waals surface area (Å²) >= 11 is 0. The maximum absolute atomic E-state index is 13.0. The topological polar surface area (TPSA) is 83.4 Å². The van der Waals surface area contributed by atoms with E-state index >= 15 is 0 Å². The van der Waals surface area contributed by atoms with E-state index in [2.05, 4.69) is 41.5 Å². The summed E-state index contributed by atoms with van der Waals surface area (Å²) in [5.41, 5.74) is 0.722. The molecule has 7 heteroatoms. The lowest BCUT2D eigenvalue weighted by Crippen LogP contribution is -2.40. The molecule has 1 atom stereocenters. The van der Waals surface area contributed by atoms with Crippen LogP contribution in [0.15, 0.2) is 47.5 Å². The zero-order chi connectivity index (χ0) is 22.4. The molecule has 2 heterocycles. The minimum Gasteiger partial charge on any atom is -0.355 e. The van der Waals surface area contributed by atoms with Crippen LogP contribution in [-0.2, 0) is 13.1 Å². The van der Waals surface area contributed by atoms with E-state index in [9.17, 15) is 14.4 Å². The van der Waals surface area contributed by atoms with Gasteiger partial charge in [-0.1, -0.05) is 44.2 Å². The van der Waals surface area contributed by atoms with Gasteiger partial charge < -0.3 is 15.2 Å². The number of amides is 2. The van der Waals surface area contributed by atoms with E-state index < -0.39 is 17.2 Å². The highest BCUT2D eigenvalue weighted by Crippen LogP contribution is 2.14. The van der Waals surface area contributed by atoms with Crippen molar-refractivity contribution < 1.29 is 9.59 Å². The fourth-order valence-electron chi connectivity index (χ4n) is 3.82. The van der Waals surface area contributed by atoms with Crippen molar-refractivity contribution >= 4 is 11.8 Å². The number of carbonyl (C=O) groups excluding carboxylic acids is 2. The molecule has 2 N–H and O–H groups in total. The van der Waals surface area contributed by atoms with Crippen LogP contribution in [0.1, 0.15) is 53.0 Å². The third-order valence-electron chi connectivity index (χ3n) is 5.62. The number of benzene rings is 1. The summed E-state index contributed by atoms with van der Waals surface area (Å²) in [6.07, 6.45) is 4.82. The molecule has 0 spiro atoms.